The summed E-state index contributed by atoms with van der Waals surface area (Å²) in [6.45, 7) is 3.56. The van der Waals surface area contributed by atoms with Crippen molar-refractivity contribution in [1.29, 1.82) is 0 Å². The van der Waals surface area contributed by atoms with Gasteiger partial charge in [-0.25, -0.2) is 9.79 Å². The first kappa shape index (κ1) is 24.5. The number of methoxy groups -OCH3 is 1. The highest BCUT2D eigenvalue weighted by Gasteiger charge is 2.36. The van der Waals surface area contributed by atoms with E-state index in [1.165, 1.54) is 11.7 Å². The van der Waals surface area contributed by atoms with Gasteiger partial charge in [0.05, 0.1) is 30.6 Å². The topological polar surface area (TPSA) is 99.0 Å². The summed E-state index contributed by atoms with van der Waals surface area (Å²) >= 11 is 10.8. The van der Waals surface area contributed by atoms with Gasteiger partial charge in [-0.1, -0.05) is 38.9 Å². The van der Waals surface area contributed by atoms with Gasteiger partial charge in [0, 0.05) is 26.3 Å². The summed E-state index contributed by atoms with van der Waals surface area (Å²) in [6, 6.07) is 9.46. The molecule has 0 bridgehead atoms. The van der Waals surface area contributed by atoms with Crippen molar-refractivity contribution in [2.45, 2.75) is 19.9 Å². The van der Waals surface area contributed by atoms with Gasteiger partial charge in [0.1, 0.15) is 16.3 Å². The van der Waals surface area contributed by atoms with Gasteiger partial charge in [0.2, 0.25) is 0 Å². The Morgan fingerprint density at radius 2 is 2.03 bits per heavy atom. The van der Waals surface area contributed by atoms with Crippen LogP contribution in [0.25, 0.3) is 5.57 Å². The van der Waals surface area contributed by atoms with Crippen LogP contribution in [0.15, 0.2) is 61.9 Å². The molecule has 0 saturated carbocycles. The lowest BCUT2D eigenvalue weighted by Gasteiger charge is -2.26. The van der Waals surface area contributed by atoms with Crippen LogP contribution in [0.2, 0.25) is 5.02 Å². The number of halogens is 2. The third kappa shape index (κ3) is 3.89. The fraction of sp³-hybridized carbons (Fsp3) is 0.200. The van der Waals surface area contributed by atoms with Crippen LogP contribution in [0.1, 0.15) is 31.0 Å². The second-order valence-electron chi connectivity index (χ2n) is 8.03. The number of hydrogen-bond acceptors (Lipinski definition) is 7. The maximum absolute atomic E-state index is 14.0. The van der Waals surface area contributed by atoms with Gasteiger partial charge in [-0.2, -0.15) is 0 Å². The Bertz CT molecular complexity index is 1670. The number of allylic oxidation sites excluding steroid dienone is 1. The number of thiazole rings is 1. The van der Waals surface area contributed by atoms with E-state index in [1.54, 1.807) is 50.2 Å². The Kier molecular flexibility index (Phi) is 6.36. The molecule has 184 valence electrons. The van der Waals surface area contributed by atoms with Gasteiger partial charge in [-0.3, -0.25) is 14.2 Å². The Labute approximate surface area is 222 Å². The van der Waals surface area contributed by atoms with Crippen LogP contribution in [-0.2, 0) is 14.3 Å². The molecule has 5 rings (SSSR count). The summed E-state index contributed by atoms with van der Waals surface area (Å²) in [5.74, 6) is -0.511. The average molecular weight is 589 g/mol. The molecular formula is C25H19BrClN3O5S. The van der Waals surface area contributed by atoms with Gasteiger partial charge in [0.15, 0.2) is 4.80 Å². The number of aromatic nitrogens is 1. The molecule has 3 aromatic rings. The molecule has 2 aliphatic rings. The molecule has 0 unspecified atom stereocenters. The molecule has 8 nitrogen and oxygen atoms in total. The summed E-state index contributed by atoms with van der Waals surface area (Å²) in [7, 11) is 1.52. The Hall–Kier alpha value is -3.21. The first-order valence-corrected chi connectivity index (χ1v) is 12.9. The number of nitrogens with one attached hydrogen (secondary N) is 1. The van der Waals surface area contributed by atoms with Crippen molar-refractivity contribution in [3.05, 3.63) is 88.0 Å². The molecule has 0 fully saturated rings. The van der Waals surface area contributed by atoms with Crippen LogP contribution in [0.5, 0.6) is 5.75 Å². The molecule has 1 amide bonds. The van der Waals surface area contributed by atoms with Gasteiger partial charge < -0.3 is 14.8 Å². The first-order valence-electron chi connectivity index (χ1n) is 10.9. The smallest absolute Gasteiger partial charge is 0.338 e. The van der Waals surface area contributed by atoms with Gasteiger partial charge >= 0.3 is 5.97 Å². The van der Waals surface area contributed by atoms with Gasteiger partial charge in [-0.15, -0.1) is 0 Å². The maximum atomic E-state index is 14.0. The molecule has 11 heteroatoms. The molecule has 0 saturated heterocycles. The van der Waals surface area contributed by atoms with Crippen molar-refractivity contribution in [1.82, 2.24) is 4.57 Å². The van der Waals surface area contributed by atoms with Crippen LogP contribution in [-0.4, -0.2) is 30.2 Å². The molecule has 2 aliphatic heterocycles. The largest absolute Gasteiger partial charge is 0.496 e. The van der Waals surface area contributed by atoms with Crippen molar-refractivity contribution < 1.29 is 19.1 Å². The minimum absolute atomic E-state index is 0.157. The van der Waals surface area contributed by atoms with Crippen LogP contribution >= 0.6 is 38.9 Å². The van der Waals surface area contributed by atoms with Crippen LogP contribution in [0, 0.1) is 0 Å². The number of nitrogens with zero attached hydrogens (tertiary/aromatic N) is 2. The molecule has 1 N–H and O–H groups in total. The zero-order valence-electron chi connectivity index (χ0n) is 19.3. The Morgan fingerprint density at radius 1 is 1.25 bits per heavy atom. The fourth-order valence-corrected chi connectivity index (χ4v) is 6.11. The van der Waals surface area contributed by atoms with E-state index in [4.69, 9.17) is 21.1 Å². The number of anilines is 1. The van der Waals surface area contributed by atoms with Crippen LogP contribution < -0.4 is 24.9 Å². The summed E-state index contributed by atoms with van der Waals surface area (Å²) in [6.07, 6.45) is 0. The number of fused-ring (bicyclic) bond motifs is 2. The number of ether oxygens (including phenoxy) is 2. The lowest BCUT2D eigenvalue weighted by atomic mass is 9.95. The number of esters is 1. The lowest BCUT2D eigenvalue weighted by molar-refractivity contribution is -0.139. The van der Waals surface area contributed by atoms with Crippen molar-refractivity contribution in [3.8, 4) is 5.75 Å². The maximum Gasteiger partial charge on any atom is 0.338 e. The fourth-order valence-electron chi connectivity index (χ4n) is 4.42. The second kappa shape index (κ2) is 9.34. The number of carbonyl (C=O) groups is 2. The number of amides is 1. The molecule has 3 heterocycles. The zero-order chi connectivity index (χ0) is 25.7. The van der Waals surface area contributed by atoms with E-state index < -0.39 is 23.5 Å². The van der Waals surface area contributed by atoms with Crippen LogP contribution in [0.4, 0.5) is 5.69 Å². The molecule has 1 aromatic heterocycles. The van der Waals surface area contributed by atoms with Crippen molar-refractivity contribution in [3.63, 3.8) is 0 Å². The summed E-state index contributed by atoms with van der Waals surface area (Å²) in [5.41, 5.74) is 2.07. The standard InChI is InChI=1S/C25H19BrClN3O5S/c1-4-35-24(33)18-11(2)28-25-30(20(18)15-9-12(26)5-8-17(15)34-3)23(32)21(36-25)19-14-10-13(27)6-7-16(14)29-22(19)31/h5-10,20H,4H2,1-3H3,(H,29,31)/b21-19+/t20-/m1/s1. The Balaban J connectivity index is 1.86. The highest BCUT2D eigenvalue weighted by atomic mass is 79.9. The lowest BCUT2D eigenvalue weighted by Crippen LogP contribution is -2.40. The van der Waals surface area contributed by atoms with E-state index in [0.29, 0.717) is 38.1 Å². The van der Waals surface area contributed by atoms with Crippen molar-refractivity contribution in [2.24, 2.45) is 4.99 Å². The number of benzene rings is 2. The minimum Gasteiger partial charge on any atom is -0.496 e. The molecule has 2 aromatic carbocycles. The SMILES string of the molecule is CCOC(=O)C1=C(C)N=c2s/c(=C3/C(=O)Nc4ccc(Cl)cc43)c(=O)n2[C@@H]1c1cc(Br)ccc1OC. The number of hydrogen-bond donors (Lipinski definition) is 1. The van der Waals surface area contributed by atoms with E-state index in [0.717, 1.165) is 15.8 Å². The Morgan fingerprint density at radius 3 is 2.75 bits per heavy atom. The summed E-state index contributed by atoms with van der Waals surface area (Å²) < 4.78 is 13.3. The molecule has 1 atom stereocenters. The quantitative estimate of drug-likeness (QED) is 0.470. The highest BCUT2D eigenvalue weighted by molar-refractivity contribution is 9.10. The minimum atomic E-state index is -0.884. The van der Waals surface area contributed by atoms with E-state index in [-0.39, 0.29) is 22.3 Å². The van der Waals surface area contributed by atoms with Crippen molar-refractivity contribution >= 4 is 62.0 Å². The van der Waals surface area contributed by atoms with Crippen LogP contribution in [0.3, 0.4) is 0 Å². The second-order valence-corrected chi connectivity index (χ2v) is 10.4. The summed E-state index contributed by atoms with van der Waals surface area (Å²) in [5, 5.41) is 3.22. The van der Waals surface area contributed by atoms with E-state index in [2.05, 4.69) is 26.2 Å². The third-order valence-electron chi connectivity index (χ3n) is 5.93. The predicted octanol–water partition coefficient (Wildman–Crippen LogP) is 3.55. The van der Waals surface area contributed by atoms with E-state index in [1.807, 2.05) is 0 Å². The number of rotatable bonds is 4. The highest BCUT2D eigenvalue weighted by Crippen LogP contribution is 2.38. The van der Waals surface area contributed by atoms with E-state index >= 15 is 0 Å². The molecule has 0 spiro atoms. The summed E-state index contributed by atoms with van der Waals surface area (Å²) in [4.78, 5) is 45.0. The third-order valence-corrected chi connectivity index (χ3v) is 7.71. The van der Waals surface area contributed by atoms with Crippen molar-refractivity contribution in [2.75, 3.05) is 19.0 Å². The number of carbonyl (C=O) groups excluding carboxylic acids is 2. The average Bonchev–Trinajstić information content (AvgIpc) is 3.32. The molecule has 36 heavy (non-hydrogen) atoms. The molecule has 0 radical (unpaired) electrons. The normalized spacial score (nSPS) is 17.8. The molecular weight excluding hydrogens is 570 g/mol. The van der Waals surface area contributed by atoms with Gasteiger partial charge in [-0.05, 0) is 50.2 Å². The monoisotopic (exact) mass is 587 g/mol. The molecule has 0 aliphatic carbocycles. The van der Waals surface area contributed by atoms with E-state index in [9.17, 15) is 14.4 Å². The predicted molar refractivity (Wildman–Crippen MR) is 140 cm³/mol. The van der Waals surface area contributed by atoms with Gasteiger partial charge in [0.25, 0.3) is 11.5 Å². The zero-order valence-corrected chi connectivity index (χ0v) is 22.5. The first-order chi connectivity index (χ1) is 17.2.